The van der Waals surface area contributed by atoms with Crippen LogP contribution in [-0.4, -0.2) is 24.0 Å². The zero-order valence-electron chi connectivity index (χ0n) is 13.8. The van der Waals surface area contributed by atoms with E-state index < -0.39 is 6.04 Å². The minimum atomic E-state index is -0.467. The van der Waals surface area contributed by atoms with Crippen LogP contribution < -0.4 is 15.8 Å². The van der Waals surface area contributed by atoms with E-state index in [2.05, 4.69) is 10.3 Å². The second-order valence-corrected chi connectivity index (χ2v) is 6.19. The number of ether oxygens (including phenoxy) is 1. The summed E-state index contributed by atoms with van der Waals surface area (Å²) in [6.07, 6.45) is 8.61. The highest BCUT2D eigenvalue weighted by molar-refractivity contribution is 5.95. The second kappa shape index (κ2) is 7.49. The lowest BCUT2D eigenvalue weighted by molar-refractivity contribution is -0.118. The fourth-order valence-electron chi connectivity index (χ4n) is 3.25. The van der Waals surface area contributed by atoms with Gasteiger partial charge in [0.1, 0.15) is 5.75 Å². The molecule has 1 amide bonds. The monoisotopic (exact) mass is 329 g/mol. The summed E-state index contributed by atoms with van der Waals surface area (Å²) in [6, 6.07) is 4.95. The van der Waals surface area contributed by atoms with E-state index in [-0.39, 0.29) is 11.8 Å². The van der Waals surface area contributed by atoms with E-state index in [0.717, 1.165) is 31.2 Å². The first-order valence-electron chi connectivity index (χ1n) is 8.32. The molecular formula is C18H23N3O3. The summed E-state index contributed by atoms with van der Waals surface area (Å²) in [7, 11) is 1.58. The van der Waals surface area contributed by atoms with Crippen molar-refractivity contribution in [3.8, 4) is 17.1 Å². The van der Waals surface area contributed by atoms with Gasteiger partial charge in [-0.25, -0.2) is 4.98 Å². The van der Waals surface area contributed by atoms with Crippen LogP contribution in [0.3, 0.4) is 0 Å². The molecule has 1 heterocycles. The van der Waals surface area contributed by atoms with Crippen LogP contribution in [0.15, 0.2) is 35.2 Å². The van der Waals surface area contributed by atoms with Crippen LogP contribution >= 0.6 is 0 Å². The van der Waals surface area contributed by atoms with Crippen molar-refractivity contribution in [1.29, 1.82) is 0 Å². The lowest BCUT2D eigenvalue weighted by Crippen LogP contribution is -2.42. The largest absolute Gasteiger partial charge is 0.496 e. The van der Waals surface area contributed by atoms with Gasteiger partial charge in [-0.15, -0.1) is 0 Å². The summed E-state index contributed by atoms with van der Waals surface area (Å²) in [4.78, 5) is 16.3. The third-order valence-corrected chi connectivity index (χ3v) is 4.63. The first kappa shape index (κ1) is 16.5. The van der Waals surface area contributed by atoms with E-state index in [1.54, 1.807) is 19.4 Å². The molecule has 2 aromatic rings. The fourth-order valence-corrected chi connectivity index (χ4v) is 3.25. The zero-order chi connectivity index (χ0) is 16.9. The summed E-state index contributed by atoms with van der Waals surface area (Å²) < 4.78 is 10.7. The van der Waals surface area contributed by atoms with Crippen molar-refractivity contribution in [3.05, 3.63) is 30.8 Å². The van der Waals surface area contributed by atoms with Crippen LogP contribution in [0.5, 0.6) is 5.75 Å². The highest BCUT2D eigenvalue weighted by Crippen LogP contribution is 2.32. The van der Waals surface area contributed by atoms with Crippen molar-refractivity contribution in [2.45, 2.75) is 38.1 Å². The third-order valence-electron chi connectivity index (χ3n) is 4.63. The minimum absolute atomic E-state index is 0.142. The number of benzene rings is 1. The van der Waals surface area contributed by atoms with Crippen LogP contribution in [0, 0.1) is 5.92 Å². The number of amides is 1. The number of aromatic nitrogens is 1. The van der Waals surface area contributed by atoms with E-state index >= 15 is 0 Å². The SMILES string of the molecule is COc1cc(NC(=O)[C@H](N)C2CCCCC2)ccc1-c1cnco1. The zero-order valence-corrected chi connectivity index (χ0v) is 13.8. The number of anilines is 1. The van der Waals surface area contributed by atoms with Gasteiger partial charge in [-0.3, -0.25) is 4.79 Å². The molecule has 128 valence electrons. The molecule has 1 fully saturated rings. The molecule has 24 heavy (non-hydrogen) atoms. The molecule has 0 radical (unpaired) electrons. The fraction of sp³-hybridized carbons (Fsp3) is 0.444. The van der Waals surface area contributed by atoms with Crippen molar-refractivity contribution >= 4 is 11.6 Å². The molecule has 1 aliphatic carbocycles. The number of oxazole rings is 1. The van der Waals surface area contributed by atoms with Crippen LogP contribution in [0.2, 0.25) is 0 Å². The van der Waals surface area contributed by atoms with Gasteiger partial charge in [0.2, 0.25) is 5.91 Å². The first-order valence-corrected chi connectivity index (χ1v) is 8.32. The molecule has 0 bridgehead atoms. The summed E-state index contributed by atoms with van der Waals surface area (Å²) in [5, 5.41) is 2.90. The Morgan fingerprint density at radius 3 is 2.83 bits per heavy atom. The predicted molar refractivity (Wildman–Crippen MR) is 91.7 cm³/mol. The van der Waals surface area contributed by atoms with Gasteiger partial charge in [-0.1, -0.05) is 19.3 Å². The lowest BCUT2D eigenvalue weighted by Gasteiger charge is -2.26. The third kappa shape index (κ3) is 3.59. The van der Waals surface area contributed by atoms with E-state index in [4.69, 9.17) is 14.9 Å². The maximum atomic E-state index is 12.4. The minimum Gasteiger partial charge on any atom is -0.496 e. The average Bonchev–Trinajstić information content (AvgIpc) is 3.16. The van der Waals surface area contributed by atoms with Crippen molar-refractivity contribution in [2.75, 3.05) is 12.4 Å². The van der Waals surface area contributed by atoms with E-state index in [9.17, 15) is 4.79 Å². The molecule has 1 aromatic carbocycles. The van der Waals surface area contributed by atoms with Crippen LogP contribution in [0.25, 0.3) is 11.3 Å². The molecule has 1 aromatic heterocycles. The number of methoxy groups -OCH3 is 1. The Balaban J connectivity index is 1.71. The highest BCUT2D eigenvalue weighted by Gasteiger charge is 2.26. The van der Waals surface area contributed by atoms with Gasteiger partial charge in [0.25, 0.3) is 0 Å². The lowest BCUT2D eigenvalue weighted by atomic mass is 9.84. The maximum absolute atomic E-state index is 12.4. The predicted octanol–water partition coefficient (Wildman–Crippen LogP) is 3.20. The Hall–Kier alpha value is -2.34. The molecule has 1 saturated carbocycles. The molecule has 1 aliphatic rings. The van der Waals surface area contributed by atoms with E-state index in [0.29, 0.717) is 17.2 Å². The molecule has 1 atom stereocenters. The van der Waals surface area contributed by atoms with E-state index in [1.165, 1.54) is 12.8 Å². The second-order valence-electron chi connectivity index (χ2n) is 6.19. The van der Waals surface area contributed by atoms with Gasteiger partial charge in [0.05, 0.1) is 24.9 Å². The number of nitrogens with zero attached hydrogens (tertiary/aromatic N) is 1. The Bertz CT molecular complexity index is 679. The molecule has 0 saturated heterocycles. The number of carbonyl (C=O) groups excluding carboxylic acids is 1. The molecule has 0 spiro atoms. The Labute approximate surface area is 141 Å². The highest BCUT2D eigenvalue weighted by atomic mass is 16.5. The van der Waals surface area contributed by atoms with Gasteiger partial charge >= 0.3 is 0 Å². The molecule has 6 nitrogen and oxygen atoms in total. The standard InChI is InChI=1S/C18H23N3O3/c1-23-15-9-13(7-8-14(15)16-10-20-11-24-16)21-18(22)17(19)12-5-3-2-4-6-12/h7-12,17H,2-6,19H2,1H3,(H,21,22)/t17-/m1/s1. The maximum Gasteiger partial charge on any atom is 0.241 e. The number of rotatable bonds is 5. The van der Waals surface area contributed by atoms with Gasteiger partial charge in [-0.05, 0) is 30.9 Å². The van der Waals surface area contributed by atoms with Gasteiger partial charge in [0.15, 0.2) is 12.2 Å². The summed E-state index contributed by atoms with van der Waals surface area (Å²) in [5.74, 6) is 1.35. The van der Waals surface area contributed by atoms with Crippen molar-refractivity contribution in [3.63, 3.8) is 0 Å². The molecular weight excluding hydrogens is 306 g/mol. The number of hydrogen-bond donors (Lipinski definition) is 2. The van der Waals surface area contributed by atoms with Crippen LogP contribution in [0.4, 0.5) is 5.69 Å². The smallest absolute Gasteiger partial charge is 0.241 e. The Morgan fingerprint density at radius 2 is 2.17 bits per heavy atom. The average molecular weight is 329 g/mol. The molecule has 6 heteroatoms. The Kier molecular flexibility index (Phi) is 5.15. The summed E-state index contributed by atoms with van der Waals surface area (Å²) >= 11 is 0. The van der Waals surface area contributed by atoms with Crippen molar-refractivity contribution in [1.82, 2.24) is 4.98 Å². The van der Waals surface area contributed by atoms with Crippen molar-refractivity contribution < 1.29 is 13.9 Å². The summed E-state index contributed by atoms with van der Waals surface area (Å²) in [6.45, 7) is 0. The van der Waals surface area contributed by atoms with Gasteiger partial charge in [-0.2, -0.15) is 0 Å². The number of nitrogens with two attached hydrogens (primary N) is 1. The molecule has 3 N–H and O–H groups in total. The van der Waals surface area contributed by atoms with Gasteiger partial charge < -0.3 is 20.2 Å². The van der Waals surface area contributed by atoms with Crippen LogP contribution in [-0.2, 0) is 4.79 Å². The molecule has 3 rings (SSSR count). The number of nitrogens with one attached hydrogen (secondary N) is 1. The number of carbonyl (C=O) groups is 1. The van der Waals surface area contributed by atoms with Crippen molar-refractivity contribution in [2.24, 2.45) is 11.7 Å². The Morgan fingerprint density at radius 1 is 1.38 bits per heavy atom. The van der Waals surface area contributed by atoms with E-state index in [1.807, 2.05) is 12.1 Å². The first-order chi connectivity index (χ1) is 11.7. The van der Waals surface area contributed by atoms with Gasteiger partial charge in [0, 0.05) is 11.8 Å². The summed E-state index contributed by atoms with van der Waals surface area (Å²) in [5.41, 5.74) is 7.59. The quantitative estimate of drug-likeness (QED) is 0.879. The molecule has 0 aliphatic heterocycles. The van der Waals surface area contributed by atoms with Crippen LogP contribution in [0.1, 0.15) is 32.1 Å². The normalized spacial score (nSPS) is 16.6. The number of hydrogen-bond acceptors (Lipinski definition) is 5. The molecule has 0 unspecified atom stereocenters. The topological polar surface area (TPSA) is 90.4 Å².